The third-order valence-corrected chi connectivity index (χ3v) is 3.80. The lowest BCUT2D eigenvalue weighted by molar-refractivity contribution is 0.606. The van der Waals surface area contributed by atoms with Gasteiger partial charge in [-0.25, -0.2) is 12.8 Å². The number of rotatable bonds is 4. The van der Waals surface area contributed by atoms with E-state index in [-0.39, 0.29) is 11.4 Å². The SMILES string of the molecule is Nc1ccc(F)c(NS(=O)(=O)/C=C/c2ccc(Cl)cc2)c1. The molecule has 0 amide bonds. The smallest absolute Gasteiger partial charge is 0.255 e. The largest absolute Gasteiger partial charge is 0.399 e. The maximum Gasteiger partial charge on any atom is 0.255 e. The van der Waals surface area contributed by atoms with Crippen molar-refractivity contribution in [1.29, 1.82) is 0 Å². The van der Waals surface area contributed by atoms with E-state index >= 15 is 0 Å². The number of anilines is 2. The molecule has 0 radical (unpaired) electrons. The van der Waals surface area contributed by atoms with E-state index < -0.39 is 15.8 Å². The Morgan fingerprint density at radius 3 is 2.48 bits per heavy atom. The van der Waals surface area contributed by atoms with Crippen molar-refractivity contribution >= 4 is 39.1 Å². The molecule has 0 aliphatic carbocycles. The summed E-state index contributed by atoms with van der Waals surface area (Å²) in [6.07, 6.45) is 1.38. The second-order valence-corrected chi connectivity index (χ2v) is 6.24. The Kier molecular flexibility index (Phi) is 4.50. The van der Waals surface area contributed by atoms with Crippen LogP contribution >= 0.6 is 11.6 Å². The first-order valence-electron chi connectivity index (χ1n) is 5.87. The van der Waals surface area contributed by atoms with E-state index in [2.05, 4.69) is 4.72 Å². The van der Waals surface area contributed by atoms with Crippen LogP contribution in [0.2, 0.25) is 5.02 Å². The van der Waals surface area contributed by atoms with Crippen molar-refractivity contribution in [1.82, 2.24) is 0 Å². The second-order valence-electron chi connectivity index (χ2n) is 4.24. The van der Waals surface area contributed by atoms with Crippen molar-refractivity contribution in [3.05, 3.63) is 64.3 Å². The number of hydrogen-bond acceptors (Lipinski definition) is 3. The summed E-state index contributed by atoms with van der Waals surface area (Å²) < 4.78 is 39.3. The molecule has 0 heterocycles. The summed E-state index contributed by atoms with van der Waals surface area (Å²) in [6.45, 7) is 0. The zero-order valence-corrected chi connectivity index (χ0v) is 12.3. The Labute approximate surface area is 127 Å². The van der Waals surface area contributed by atoms with Crippen LogP contribution < -0.4 is 10.5 Å². The molecule has 0 aromatic heterocycles. The molecule has 0 aliphatic rings. The normalized spacial score (nSPS) is 11.7. The molecule has 2 rings (SSSR count). The zero-order chi connectivity index (χ0) is 15.5. The highest BCUT2D eigenvalue weighted by Gasteiger charge is 2.10. The van der Waals surface area contributed by atoms with Gasteiger partial charge >= 0.3 is 0 Å². The van der Waals surface area contributed by atoms with Gasteiger partial charge in [0.2, 0.25) is 0 Å². The predicted octanol–water partition coefficient (Wildman–Crippen LogP) is 3.47. The molecule has 2 aromatic carbocycles. The highest BCUT2D eigenvalue weighted by molar-refractivity contribution is 7.95. The molecule has 4 nitrogen and oxygen atoms in total. The van der Waals surface area contributed by atoms with Crippen molar-refractivity contribution in [2.24, 2.45) is 0 Å². The van der Waals surface area contributed by atoms with Crippen molar-refractivity contribution in [2.45, 2.75) is 0 Å². The van der Waals surface area contributed by atoms with Gasteiger partial charge in [0.25, 0.3) is 10.0 Å². The van der Waals surface area contributed by atoms with Gasteiger partial charge in [-0.05, 0) is 42.0 Å². The minimum absolute atomic E-state index is 0.198. The molecule has 7 heteroatoms. The standard InChI is InChI=1S/C14H12ClFN2O2S/c15-11-3-1-10(2-4-11)7-8-21(19,20)18-14-9-12(17)5-6-13(14)16/h1-9,18H,17H2/b8-7+. The van der Waals surface area contributed by atoms with Gasteiger partial charge in [-0.3, -0.25) is 4.72 Å². The number of sulfonamides is 1. The number of halogens is 2. The van der Waals surface area contributed by atoms with E-state index in [0.29, 0.717) is 10.6 Å². The molecule has 0 atom stereocenters. The van der Waals surface area contributed by atoms with Crippen molar-refractivity contribution in [3.63, 3.8) is 0 Å². The Balaban J connectivity index is 2.18. The van der Waals surface area contributed by atoms with E-state index in [0.717, 1.165) is 11.5 Å². The fraction of sp³-hybridized carbons (Fsp3) is 0. The van der Waals surface area contributed by atoms with Crippen LogP contribution in [0.1, 0.15) is 5.56 Å². The van der Waals surface area contributed by atoms with Gasteiger partial charge in [-0.1, -0.05) is 23.7 Å². The van der Waals surface area contributed by atoms with Gasteiger partial charge in [0.15, 0.2) is 0 Å². The predicted molar refractivity (Wildman–Crippen MR) is 83.8 cm³/mol. The van der Waals surface area contributed by atoms with Gasteiger partial charge in [-0.2, -0.15) is 0 Å². The maximum atomic E-state index is 13.5. The molecule has 0 fully saturated rings. The van der Waals surface area contributed by atoms with Gasteiger partial charge in [0, 0.05) is 10.7 Å². The summed E-state index contributed by atoms with van der Waals surface area (Å²) >= 11 is 5.73. The topological polar surface area (TPSA) is 72.2 Å². The van der Waals surface area contributed by atoms with Crippen LogP contribution in [0.15, 0.2) is 47.9 Å². The van der Waals surface area contributed by atoms with Gasteiger partial charge < -0.3 is 5.73 Å². The van der Waals surface area contributed by atoms with Crippen LogP contribution in [0.4, 0.5) is 15.8 Å². The molecule has 0 spiro atoms. The van der Waals surface area contributed by atoms with E-state index in [1.807, 2.05) is 0 Å². The third-order valence-electron chi connectivity index (χ3n) is 2.55. The molecule has 2 aromatic rings. The van der Waals surface area contributed by atoms with Crippen LogP contribution in [0, 0.1) is 5.82 Å². The summed E-state index contributed by atoms with van der Waals surface area (Å²) in [5, 5.41) is 1.49. The second kappa shape index (κ2) is 6.15. The molecule has 0 unspecified atom stereocenters. The molecule has 110 valence electrons. The Morgan fingerprint density at radius 2 is 1.81 bits per heavy atom. The fourth-order valence-electron chi connectivity index (χ4n) is 1.55. The van der Waals surface area contributed by atoms with Crippen LogP contribution in [-0.4, -0.2) is 8.42 Å². The average molecular weight is 327 g/mol. The highest BCUT2D eigenvalue weighted by atomic mass is 35.5. The lowest BCUT2D eigenvalue weighted by atomic mass is 10.2. The maximum absolute atomic E-state index is 13.5. The molecule has 0 saturated heterocycles. The Hall–Kier alpha value is -2.05. The van der Waals surface area contributed by atoms with Crippen LogP contribution in [0.3, 0.4) is 0 Å². The number of nitrogen functional groups attached to an aromatic ring is 1. The van der Waals surface area contributed by atoms with Gasteiger partial charge in [0.05, 0.1) is 11.1 Å². The van der Waals surface area contributed by atoms with Crippen molar-refractivity contribution in [3.8, 4) is 0 Å². The molecule has 0 aliphatic heterocycles. The summed E-state index contributed by atoms with van der Waals surface area (Å²) in [4.78, 5) is 0. The van der Waals surface area contributed by atoms with Crippen LogP contribution in [-0.2, 0) is 10.0 Å². The van der Waals surface area contributed by atoms with Crippen molar-refractivity contribution in [2.75, 3.05) is 10.5 Å². The monoisotopic (exact) mass is 326 g/mol. The Bertz CT molecular complexity index is 774. The zero-order valence-electron chi connectivity index (χ0n) is 10.8. The number of nitrogens with two attached hydrogens (primary N) is 1. The fourth-order valence-corrected chi connectivity index (χ4v) is 2.54. The number of hydrogen-bond donors (Lipinski definition) is 2. The van der Waals surface area contributed by atoms with Crippen molar-refractivity contribution < 1.29 is 12.8 Å². The summed E-state index contributed by atoms with van der Waals surface area (Å²) in [5.74, 6) is -0.701. The summed E-state index contributed by atoms with van der Waals surface area (Å²) in [6, 6.07) is 10.2. The molecule has 3 N–H and O–H groups in total. The molecular weight excluding hydrogens is 315 g/mol. The van der Waals surface area contributed by atoms with E-state index in [4.69, 9.17) is 17.3 Å². The van der Waals surface area contributed by atoms with E-state index in [9.17, 15) is 12.8 Å². The first-order valence-corrected chi connectivity index (χ1v) is 7.80. The highest BCUT2D eigenvalue weighted by Crippen LogP contribution is 2.19. The molecule has 21 heavy (non-hydrogen) atoms. The molecule has 0 bridgehead atoms. The van der Waals surface area contributed by atoms with Crippen LogP contribution in [0.5, 0.6) is 0 Å². The Morgan fingerprint density at radius 1 is 1.14 bits per heavy atom. The lowest BCUT2D eigenvalue weighted by Gasteiger charge is -2.06. The minimum atomic E-state index is -3.84. The van der Waals surface area contributed by atoms with Gasteiger partial charge in [0.1, 0.15) is 5.82 Å². The summed E-state index contributed by atoms with van der Waals surface area (Å²) in [5.41, 5.74) is 6.21. The van der Waals surface area contributed by atoms with Gasteiger partial charge in [-0.15, -0.1) is 0 Å². The number of nitrogens with one attached hydrogen (secondary N) is 1. The molecular formula is C14H12ClFN2O2S. The first-order chi connectivity index (χ1) is 9.85. The van der Waals surface area contributed by atoms with Crippen LogP contribution in [0.25, 0.3) is 6.08 Å². The minimum Gasteiger partial charge on any atom is -0.399 e. The van der Waals surface area contributed by atoms with E-state index in [1.165, 1.54) is 18.2 Å². The first kappa shape index (κ1) is 15.3. The summed E-state index contributed by atoms with van der Waals surface area (Å²) in [7, 11) is -3.84. The average Bonchev–Trinajstić information content (AvgIpc) is 2.42. The lowest BCUT2D eigenvalue weighted by Crippen LogP contribution is -2.10. The molecule has 0 saturated carbocycles. The quantitative estimate of drug-likeness (QED) is 0.845. The van der Waals surface area contributed by atoms with E-state index in [1.54, 1.807) is 24.3 Å². The number of benzene rings is 2. The third kappa shape index (κ3) is 4.47.